The molecule has 5 rings (SSSR count). The van der Waals surface area contributed by atoms with Gasteiger partial charge in [-0.3, -0.25) is 9.69 Å². The Morgan fingerprint density at radius 3 is 2.58 bits per heavy atom. The minimum absolute atomic E-state index is 0.131. The Kier molecular flexibility index (Phi) is 7.17. The van der Waals surface area contributed by atoms with Gasteiger partial charge in [0.15, 0.2) is 0 Å². The molecule has 36 heavy (non-hydrogen) atoms. The number of nitrogens with one attached hydrogen (secondary N) is 1. The predicted octanol–water partition coefficient (Wildman–Crippen LogP) is 4.22. The average Bonchev–Trinajstić information content (AvgIpc) is 3.31. The Hall–Kier alpha value is -3.47. The maximum Gasteiger partial charge on any atom is 0.321 e. The third-order valence-corrected chi connectivity index (χ3v) is 7.14. The minimum Gasteiger partial charge on any atom is -0.494 e. The zero-order valence-corrected chi connectivity index (χ0v) is 21.3. The van der Waals surface area contributed by atoms with E-state index in [1.54, 1.807) is 11.0 Å². The van der Waals surface area contributed by atoms with Crippen molar-refractivity contribution < 1.29 is 9.53 Å². The van der Waals surface area contributed by atoms with Crippen molar-refractivity contribution in [3.05, 3.63) is 75.7 Å². The van der Waals surface area contributed by atoms with Crippen LogP contribution in [0.25, 0.3) is 15.5 Å². The fourth-order valence-electron chi connectivity index (χ4n) is 4.02. The van der Waals surface area contributed by atoms with Gasteiger partial charge in [-0.1, -0.05) is 41.1 Å². The number of urea groups is 1. The van der Waals surface area contributed by atoms with Gasteiger partial charge in [-0.05, 0) is 37.3 Å². The fraction of sp³-hybridized carbons (Fsp3) is 0.280. The first-order valence-corrected chi connectivity index (χ1v) is 12.9. The summed E-state index contributed by atoms with van der Waals surface area (Å²) in [5.74, 6) is 0.772. The maximum atomic E-state index is 12.7. The Morgan fingerprint density at radius 2 is 1.86 bits per heavy atom. The molecule has 1 aliphatic rings. The summed E-state index contributed by atoms with van der Waals surface area (Å²) in [7, 11) is 0. The van der Waals surface area contributed by atoms with Crippen molar-refractivity contribution in [3.63, 3.8) is 0 Å². The zero-order chi connectivity index (χ0) is 25.1. The lowest BCUT2D eigenvalue weighted by atomic mass is 10.2. The maximum absolute atomic E-state index is 12.7. The Labute approximate surface area is 216 Å². The third-order valence-electron chi connectivity index (χ3n) is 5.86. The number of ether oxygens (including phenoxy) is 1. The van der Waals surface area contributed by atoms with Crippen molar-refractivity contribution in [2.75, 3.05) is 38.1 Å². The molecule has 1 saturated heterocycles. The molecule has 0 aliphatic carbocycles. The summed E-state index contributed by atoms with van der Waals surface area (Å²) in [6.45, 7) is 5.60. The van der Waals surface area contributed by atoms with E-state index in [1.807, 2.05) is 49.4 Å². The van der Waals surface area contributed by atoms with Crippen LogP contribution in [0, 0.1) is 0 Å². The number of nitrogens with zero attached hydrogens (tertiary/aromatic N) is 5. The largest absolute Gasteiger partial charge is 0.494 e. The number of fused-ring (bicyclic) bond motifs is 1. The molecule has 0 unspecified atom stereocenters. The summed E-state index contributed by atoms with van der Waals surface area (Å²) in [6.07, 6.45) is 0. The summed E-state index contributed by atoms with van der Waals surface area (Å²) in [5, 5.41) is 8.57. The highest BCUT2D eigenvalue weighted by Crippen LogP contribution is 2.30. The summed E-state index contributed by atoms with van der Waals surface area (Å²) in [6, 6.07) is 16.1. The summed E-state index contributed by atoms with van der Waals surface area (Å²) in [4.78, 5) is 34.5. The Morgan fingerprint density at radius 1 is 1.11 bits per heavy atom. The molecule has 0 radical (unpaired) electrons. The lowest BCUT2D eigenvalue weighted by Gasteiger charge is -2.34. The number of carbonyl (C=O) groups is 1. The number of amides is 2. The molecular formula is C25H25ClN6O3S. The molecule has 0 atom stereocenters. The molecule has 0 bridgehead atoms. The molecule has 3 heterocycles. The van der Waals surface area contributed by atoms with Crippen molar-refractivity contribution in [1.82, 2.24) is 24.4 Å². The van der Waals surface area contributed by atoms with E-state index in [0.29, 0.717) is 60.0 Å². The van der Waals surface area contributed by atoms with Crippen LogP contribution in [0.15, 0.2) is 59.4 Å². The van der Waals surface area contributed by atoms with Crippen molar-refractivity contribution in [2.45, 2.75) is 13.5 Å². The van der Waals surface area contributed by atoms with Gasteiger partial charge in [0.1, 0.15) is 10.8 Å². The number of carbonyl (C=O) groups excluding carboxylic acids is 1. The van der Waals surface area contributed by atoms with Crippen LogP contribution in [0.1, 0.15) is 12.6 Å². The van der Waals surface area contributed by atoms with Crippen LogP contribution in [0.2, 0.25) is 5.02 Å². The van der Waals surface area contributed by atoms with Gasteiger partial charge in [-0.15, -0.1) is 0 Å². The fourth-order valence-corrected chi connectivity index (χ4v) is 5.27. The smallest absolute Gasteiger partial charge is 0.321 e. The second-order valence-electron chi connectivity index (χ2n) is 8.32. The second kappa shape index (κ2) is 10.7. The number of benzene rings is 2. The normalized spacial score (nSPS) is 14.2. The van der Waals surface area contributed by atoms with Crippen LogP contribution >= 0.6 is 22.9 Å². The average molecular weight is 525 g/mol. The lowest BCUT2D eigenvalue weighted by Crippen LogP contribution is -2.49. The van der Waals surface area contributed by atoms with E-state index in [1.165, 1.54) is 21.9 Å². The van der Waals surface area contributed by atoms with Crippen molar-refractivity contribution >= 4 is 39.6 Å². The Bertz CT molecular complexity index is 1430. The number of hydrogen-bond donors (Lipinski definition) is 1. The van der Waals surface area contributed by atoms with E-state index in [9.17, 15) is 9.59 Å². The molecule has 186 valence electrons. The summed E-state index contributed by atoms with van der Waals surface area (Å²) in [5.41, 5.74) is 1.96. The van der Waals surface area contributed by atoms with Crippen molar-refractivity contribution in [3.8, 4) is 16.3 Å². The third kappa shape index (κ3) is 5.35. The van der Waals surface area contributed by atoms with E-state index in [4.69, 9.17) is 16.3 Å². The first-order chi connectivity index (χ1) is 17.5. The van der Waals surface area contributed by atoms with Gasteiger partial charge >= 0.3 is 6.03 Å². The van der Waals surface area contributed by atoms with Crippen LogP contribution in [0.4, 0.5) is 10.5 Å². The molecule has 0 spiro atoms. The molecule has 0 saturated carbocycles. The zero-order valence-electron chi connectivity index (χ0n) is 19.7. The molecule has 1 aliphatic heterocycles. The van der Waals surface area contributed by atoms with Gasteiger partial charge < -0.3 is 15.0 Å². The molecule has 1 fully saturated rings. The highest BCUT2D eigenvalue weighted by Gasteiger charge is 2.22. The molecule has 2 amide bonds. The van der Waals surface area contributed by atoms with Crippen LogP contribution in [-0.2, 0) is 6.54 Å². The predicted molar refractivity (Wildman–Crippen MR) is 141 cm³/mol. The van der Waals surface area contributed by atoms with Crippen LogP contribution in [0.3, 0.4) is 0 Å². The number of anilines is 1. The van der Waals surface area contributed by atoms with Crippen LogP contribution in [-0.4, -0.2) is 63.2 Å². The lowest BCUT2D eigenvalue weighted by molar-refractivity contribution is 0.142. The van der Waals surface area contributed by atoms with Gasteiger partial charge in [0.05, 0.1) is 17.3 Å². The summed E-state index contributed by atoms with van der Waals surface area (Å²) < 4.78 is 6.75. The second-order valence-corrected chi connectivity index (χ2v) is 9.68. The SMILES string of the molecule is CCOc1ccc(NC(=O)N2CCN(Cc3cc(=O)n4nc(-c5ccccc5Cl)sc4n3)CC2)cc1. The number of rotatable bonds is 6. The van der Waals surface area contributed by atoms with Gasteiger partial charge in [-0.25, -0.2) is 9.78 Å². The molecule has 9 nitrogen and oxygen atoms in total. The topological polar surface area (TPSA) is 92.1 Å². The molecule has 2 aromatic carbocycles. The van der Waals surface area contributed by atoms with Gasteiger partial charge in [0, 0.05) is 50.0 Å². The molecule has 2 aromatic heterocycles. The monoisotopic (exact) mass is 524 g/mol. The number of piperazine rings is 1. The highest BCUT2D eigenvalue weighted by molar-refractivity contribution is 7.19. The number of hydrogen-bond acceptors (Lipinski definition) is 7. The number of aromatic nitrogens is 3. The Balaban J connectivity index is 1.20. The van der Waals surface area contributed by atoms with Gasteiger partial charge in [0.25, 0.3) is 5.56 Å². The quantitative estimate of drug-likeness (QED) is 0.406. The van der Waals surface area contributed by atoms with Crippen LogP contribution in [0.5, 0.6) is 5.75 Å². The van der Waals surface area contributed by atoms with Crippen molar-refractivity contribution in [1.29, 1.82) is 0 Å². The van der Waals surface area contributed by atoms with Crippen molar-refractivity contribution in [2.24, 2.45) is 0 Å². The van der Waals surface area contributed by atoms with Crippen LogP contribution < -0.4 is 15.6 Å². The van der Waals surface area contributed by atoms with E-state index in [2.05, 4.69) is 20.3 Å². The van der Waals surface area contributed by atoms with Gasteiger partial charge in [-0.2, -0.15) is 9.61 Å². The first kappa shape index (κ1) is 24.2. The molecule has 1 N–H and O–H groups in total. The van der Waals surface area contributed by atoms with E-state index >= 15 is 0 Å². The number of halogens is 1. The van der Waals surface area contributed by atoms with Gasteiger partial charge in [0.2, 0.25) is 4.96 Å². The van der Waals surface area contributed by atoms with E-state index in [0.717, 1.165) is 17.0 Å². The summed E-state index contributed by atoms with van der Waals surface area (Å²) >= 11 is 7.63. The molecular weight excluding hydrogens is 500 g/mol. The standard InChI is InChI=1S/C25H25ClN6O3S/c1-2-35-19-9-7-17(8-10-19)27-24(34)31-13-11-30(12-14-31)16-18-15-22(33)32-25(28-18)36-23(29-32)20-5-3-4-6-21(20)26/h3-10,15H,2,11-14,16H2,1H3,(H,27,34). The first-order valence-electron chi connectivity index (χ1n) is 11.7. The van der Waals surface area contributed by atoms with E-state index < -0.39 is 0 Å². The van der Waals surface area contributed by atoms with E-state index in [-0.39, 0.29) is 11.6 Å². The molecule has 4 aromatic rings. The highest BCUT2D eigenvalue weighted by atomic mass is 35.5. The molecule has 11 heteroatoms. The minimum atomic E-state index is -0.224.